The summed E-state index contributed by atoms with van der Waals surface area (Å²) < 4.78 is 1.92. The lowest BCUT2D eigenvalue weighted by Gasteiger charge is -2.07. The van der Waals surface area contributed by atoms with Crippen molar-refractivity contribution in [2.75, 3.05) is 5.73 Å². The minimum Gasteiger partial charge on any atom is -0.384 e. The van der Waals surface area contributed by atoms with E-state index in [1.165, 1.54) is 0 Å². The van der Waals surface area contributed by atoms with E-state index in [2.05, 4.69) is 19.9 Å². The molecule has 0 radical (unpaired) electrons. The summed E-state index contributed by atoms with van der Waals surface area (Å²) in [5.74, 6) is 0.953. The van der Waals surface area contributed by atoms with E-state index < -0.39 is 0 Å². The van der Waals surface area contributed by atoms with E-state index in [1.54, 1.807) is 18.5 Å². The molecule has 0 saturated carbocycles. The van der Waals surface area contributed by atoms with E-state index in [1.807, 2.05) is 53.9 Å². The van der Waals surface area contributed by atoms with Crippen molar-refractivity contribution in [1.29, 1.82) is 0 Å². The van der Waals surface area contributed by atoms with Gasteiger partial charge in [0, 0.05) is 29.8 Å². The van der Waals surface area contributed by atoms with Crippen LogP contribution in [0.2, 0.25) is 0 Å². The Balaban J connectivity index is 1.84. The number of rotatable bonds is 2. The Morgan fingerprint density at radius 2 is 1.74 bits per heavy atom. The van der Waals surface area contributed by atoms with Gasteiger partial charge in [-0.15, -0.1) is 0 Å². The van der Waals surface area contributed by atoms with Gasteiger partial charge in [-0.1, -0.05) is 12.1 Å². The molecule has 0 aliphatic rings. The second-order valence-corrected chi connectivity index (χ2v) is 6.26. The number of aryl methyl sites for hydroxylation is 1. The van der Waals surface area contributed by atoms with Crippen LogP contribution in [0, 0.1) is 6.92 Å². The molecule has 1 aromatic carbocycles. The summed E-state index contributed by atoms with van der Waals surface area (Å²) in [5.41, 5.74) is 11.8. The quantitative estimate of drug-likeness (QED) is 0.523. The fourth-order valence-electron chi connectivity index (χ4n) is 3.18. The smallest absolute Gasteiger partial charge is 0.236 e. The van der Waals surface area contributed by atoms with Crippen molar-refractivity contribution in [2.24, 2.45) is 0 Å². The molecule has 0 amide bonds. The van der Waals surface area contributed by atoms with E-state index in [0.717, 1.165) is 39.4 Å². The molecule has 0 bridgehead atoms. The lowest BCUT2D eigenvalue weighted by atomic mass is 10.1. The minimum atomic E-state index is 0.423. The van der Waals surface area contributed by atoms with Crippen LogP contribution in [0.1, 0.15) is 5.69 Å². The molecule has 2 N–H and O–H groups in total. The normalized spacial score (nSPS) is 11.3. The van der Waals surface area contributed by atoms with Gasteiger partial charge in [-0.05, 0) is 37.3 Å². The first-order valence-electron chi connectivity index (χ1n) is 8.49. The zero-order valence-electron chi connectivity index (χ0n) is 14.5. The molecule has 4 aromatic heterocycles. The zero-order chi connectivity index (χ0) is 18.4. The summed E-state index contributed by atoms with van der Waals surface area (Å²) in [7, 11) is 0. The molecule has 130 valence electrons. The third kappa shape index (κ3) is 2.56. The van der Waals surface area contributed by atoms with Gasteiger partial charge in [-0.2, -0.15) is 4.98 Å². The summed E-state index contributed by atoms with van der Waals surface area (Å²) in [6, 6.07) is 13.6. The molecule has 7 heteroatoms. The molecule has 0 spiro atoms. The fourth-order valence-corrected chi connectivity index (χ4v) is 3.18. The Kier molecular flexibility index (Phi) is 3.33. The van der Waals surface area contributed by atoms with Gasteiger partial charge in [0.05, 0.1) is 22.4 Å². The number of nitrogens with two attached hydrogens (primary N) is 1. The number of benzene rings is 1. The van der Waals surface area contributed by atoms with E-state index in [-0.39, 0.29) is 0 Å². The van der Waals surface area contributed by atoms with Gasteiger partial charge in [-0.25, -0.2) is 4.98 Å². The highest BCUT2D eigenvalue weighted by Gasteiger charge is 2.18. The van der Waals surface area contributed by atoms with E-state index >= 15 is 0 Å². The maximum absolute atomic E-state index is 5.86. The van der Waals surface area contributed by atoms with Crippen LogP contribution in [0.25, 0.3) is 39.5 Å². The van der Waals surface area contributed by atoms with Crippen LogP contribution in [0.5, 0.6) is 0 Å². The molecule has 27 heavy (non-hydrogen) atoms. The predicted molar refractivity (Wildman–Crippen MR) is 104 cm³/mol. The first kappa shape index (κ1) is 15.4. The lowest BCUT2D eigenvalue weighted by Crippen LogP contribution is -1.96. The van der Waals surface area contributed by atoms with Crippen LogP contribution >= 0.6 is 0 Å². The Morgan fingerprint density at radius 3 is 2.59 bits per heavy atom. The van der Waals surface area contributed by atoms with Crippen LogP contribution in [0.15, 0.2) is 61.1 Å². The average molecular weight is 353 g/mol. The summed E-state index contributed by atoms with van der Waals surface area (Å²) >= 11 is 0. The number of fused-ring (bicyclic) bond motifs is 2. The number of nitrogen functional groups attached to an aromatic ring is 1. The van der Waals surface area contributed by atoms with Crippen LogP contribution in [0.4, 0.5) is 5.82 Å². The molecule has 0 aliphatic heterocycles. The SMILES string of the molecule is Cc1cccc(-c2nc3nc(N)ccn3c2-c2ccc3nccnc3c2)n1. The third-order valence-electron chi connectivity index (χ3n) is 4.39. The number of hydrogen-bond donors (Lipinski definition) is 1. The molecule has 7 nitrogen and oxygen atoms in total. The Morgan fingerprint density at radius 1 is 0.889 bits per heavy atom. The number of nitrogens with zero attached hydrogens (tertiary/aromatic N) is 6. The second-order valence-electron chi connectivity index (χ2n) is 6.26. The molecule has 5 rings (SSSR count). The second kappa shape index (κ2) is 5.84. The minimum absolute atomic E-state index is 0.423. The molecular formula is C20H15N7. The van der Waals surface area contributed by atoms with Crippen LogP contribution in [-0.4, -0.2) is 29.3 Å². The van der Waals surface area contributed by atoms with Gasteiger partial charge in [0.2, 0.25) is 5.78 Å². The maximum atomic E-state index is 5.86. The standard InChI is InChI=1S/C20H15N7/c1-12-3-2-4-15(24-12)18-19(27-10-7-17(21)25-20(27)26-18)13-5-6-14-16(11-13)23-9-8-22-14/h2-11H,1H3,(H2,21,25,26). The van der Waals surface area contributed by atoms with Crippen LogP contribution in [-0.2, 0) is 0 Å². The molecule has 4 heterocycles. The van der Waals surface area contributed by atoms with Gasteiger partial charge in [0.25, 0.3) is 0 Å². The molecule has 0 atom stereocenters. The number of pyridine rings is 1. The van der Waals surface area contributed by atoms with Crippen molar-refractivity contribution in [2.45, 2.75) is 6.92 Å². The van der Waals surface area contributed by atoms with Crippen molar-refractivity contribution >= 4 is 22.6 Å². The largest absolute Gasteiger partial charge is 0.384 e. The molecule has 0 saturated heterocycles. The molecule has 0 fully saturated rings. The van der Waals surface area contributed by atoms with Gasteiger partial charge < -0.3 is 5.73 Å². The lowest BCUT2D eigenvalue weighted by molar-refractivity contribution is 1.12. The first-order chi connectivity index (χ1) is 13.2. The molecular weight excluding hydrogens is 338 g/mol. The van der Waals surface area contributed by atoms with Crippen molar-refractivity contribution in [3.63, 3.8) is 0 Å². The predicted octanol–water partition coefficient (Wildman–Crippen LogP) is 3.29. The highest BCUT2D eigenvalue weighted by atomic mass is 15.1. The third-order valence-corrected chi connectivity index (χ3v) is 4.39. The highest BCUT2D eigenvalue weighted by molar-refractivity contribution is 5.86. The van der Waals surface area contributed by atoms with E-state index in [9.17, 15) is 0 Å². The number of anilines is 1. The van der Waals surface area contributed by atoms with Gasteiger partial charge >= 0.3 is 0 Å². The van der Waals surface area contributed by atoms with Crippen LogP contribution in [0.3, 0.4) is 0 Å². The summed E-state index contributed by atoms with van der Waals surface area (Å²) in [6.07, 6.45) is 5.25. The number of hydrogen-bond acceptors (Lipinski definition) is 6. The first-order valence-corrected chi connectivity index (χ1v) is 8.49. The zero-order valence-corrected chi connectivity index (χ0v) is 14.5. The van der Waals surface area contributed by atoms with Crippen molar-refractivity contribution in [1.82, 2.24) is 29.3 Å². The van der Waals surface area contributed by atoms with Gasteiger partial charge in [-0.3, -0.25) is 19.4 Å². The van der Waals surface area contributed by atoms with E-state index in [4.69, 9.17) is 10.7 Å². The van der Waals surface area contributed by atoms with Crippen molar-refractivity contribution < 1.29 is 0 Å². The van der Waals surface area contributed by atoms with Gasteiger partial charge in [0.15, 0.2) is 0 Å². The van der Waals surface area contributed by atoms with E-state index in [0.29, 0.717) is 11.6 Å². The topological polar surface area (TPSA) is 94.9 Å². The van der Waals surface area contributed by atoms with Gasteiger partial charge in [0.1, 0.15) is 11.5 Å². The van der Waals surface area contributed by atoms with Crippen molar-refractivity contribution in [3.05, 3.63) is 66.7 Å². The molecule has 0 unspecified atom stereocenters. The summed E-state index contributed by atoms with van der Waals surface area (Å²) in [5, 5.41) is 0. The maximum Gasteiger partial charge on any atom is 0.236 e. The summed E-state index contributed by atoms with van der Waals surface area (Å²) in [6.45, 7) is 1.96. The molecule has 0 aliphatic carbocycles. The van der Waals surface area contributed by atoms with Crippen molar-refractivity contribution in [3.8, 4) is 22.6 Å². The Labute approximate surface area is 154 Å². The fraction of sp³-hybridized carbons (Fsp3) is 0.0500. The van der Waals surface area contributed by atoms with Crippen LogP contribution < -0.4 is 5.73 Å². The Hall–Kier alpha value is -3.87. The Bertz CT molecular complexity index is 1310. The highest BCUT2D eigenvalue weighted by Crippen LogP contribution is 2.32. The molecule has 5 aromatic rings. The number of imidazole rings is 1. The number of aromatic nitrogens is 6. The summed E-state index contributed by atoms with van der Waals surface area (Å²) in [4.78, 5) is 22.5. The monoisotopic (exact) mass is 353 g/mol. The average Bonchev–Trinajstić information content (AvgIpc) is 3.06.